The van der Waals surface area contributed by atoms with Crippen molar-refractivity contribution in [3.63, 3.8) is 0 Å². The topological polar surface area (TPSA) is 125 Å². The second-order valence-corrected chi connectivity index (χ2v) is 7.82. The molecule has 0 atom stereocenters. The molecule has 10 heteroatoms. The molecule has 2 amide bonds. The Morgan fingerprint density at radius 1 is 1.09 bits per heavy atom. The Bertz CT molecular complexity index is 1090. The highest BCUT2D eigenvalue weighted by Gasteiger charge is 2.19. The quantitative estimate of drug-likeness (QED) is 0.543. The van der Waals surface area contributed by atoms with E-state index in [0.29, 0.717) is 17.1 Å². The van der Waals surface area contributed by atoms with Crippen molar-refractivity contribution >= 4 is 23.2 Å². The van der Waals surface area contributed by atoms with E-state index in [1.54, 1.807) is 24.4 Å². The molecule has 4 heterocycles. The van der Waals surface area contributed by atoms with Crippen LogP contribution >= 0.6 is 0 Å². The second-order valence-electron chi connectivity index (χ2n) is 7.82. The number of anilines is 2. The summed E-state index contributed by atoms with van der Waals surface area (Å²) in [4.78, 5) is 35.7. The summed E-state index contributed by atoms with van der Waals surface area (Å²) in [6.07, 6.45) is 8.11. The maximum atomic E-state index is 12.7. The van der Waals surface area contributed by atoms with Gasteiger partial charge in [0.05, 0.1) is 29.3 Å². The lowest BCUT2D eigenvalue weighted by Gasteiger charge is -2.28. The van der Waals surface area contributed by atoms with E-state index < -0.39 is 5.91 Å². The average Bonchev–Trinajstić information content (AvgIpc) is 3.25. The number of likely N-dealkylation sites (tertiary alicyclic amines) is 1. The van der Waals surface area contributed by atoms with E-state index in [0.717, 1.165) is 31.5 Å². The molecule has 1 fully saturated rings. The number of hydrogen-bond donors (Lipinski definition) is 3. The molecular weight excluding hydrogens is 410 g/mol. The number of aromatic nitrogens is 4. The largest absolute Gasteiger partial charge is 0.474 e. The van der Waals surface area contributed by atoms with Gasteiger partial charge in [-0.1, -0.05) is 0 Å². The molecule has 4 rings (SSSR count). The monoisotopic (exact) mass is 435 g/mol. The van der Waals surface area contributed by atoms with Gasteiger partial charge in [0, 0.05) is 31.5 Å². The number of pyridine rings is 2. The number of aryl methyl sites for hydroxylation is 1. The highest BCUT2D eigenvalue weighted by molar-refractivity contribution is 6.11. The van der Waals surface area contributed by atoms with Gasteiger partial charge < -0.3 is 20.3 Å². The van der Waals surface area contributed by atoms with Crippen LogP contribution in [-0.2, 0) is 0 Å². The number of aromatic amines is 1. The second kappa shape index (κ2) is 9.56. The molecule has 10 nitrogen and oxygen atoms in total. The van der Waals surface area contributed by atoms with E-state index in [9.17, 15) is 9.59 Å². The Morgan fingerprint density at radius 3 is 2.62 bits per heavy atom. The lowest BCUT2D eigenvalue weighted by molar-refractivity contribution is 0.102. The number of amides is 2. The van der Waals surface area contributed by atoms with Crippen LogP contribution in [0.2, 0.25) is 0 Å². The summed E-state index contributed by atoms with van der Waals surface area (Å²) in [6, 6.07) is 5.17. The molecule has 32 heavy (non-hydrogen) atoms. The average molecular weight is 435 g/mol. The number of nitrogens with zero attached hydrogens (tertiary/aromatic N) is 4. The van der Waals surface area contributed by atoms with Crippen LogP contribution in [-0.4, -0.2) is 63.1 Å². The molecule has 0 aliphatic carbocycles. The van der Waals surface area contributed by atoms with E-state index in [4.69, 9.17) is 4.74 Å². The molecule has 1 saturated heterocycles. The van der Waals surface area contributed by atoms with Crippen molar-refractivity contribution in [1.29, 1.82) is 0 Å². The Balaban J connectivity index is 1.36. The normalized spacial score (nSPS) is 14.7. The summed E-state index contributed by atoms with van der Waals surface area (Å²) in [5.74, 6) is -0.307. The van der Waals surface area contributed by atoms with Gasteiger partial charge in [0.25, 0.3) is 11.8 Å². The van der Waals surface area contributed by atoms with Crippen LogP contribution in [0.15, 0.2) is 43.0 Å². The molecule has 0 saturated carbocycles. The minimum Gasteiger partial charge on any atom is -0.474 e. The Morgan fingerprint density at radius 2 is 1.91 bits per heavy atom. The summed E-state index contributed by atoms with van der Waals surface area (Å²) < 4.78 is 5.93. The number of hydrogen-bond acceptors (Lipinski definition) is 7. The number of rotatable bonds is 6. The first-order valence-corrected chi connectivity index (χ1v) is 10.4. The minimum atomic E-state index is -0.453. The van der Waals surface area contributed by atoms with Crippen LogP contribution in [0.25, 0.3) is 0 Å². The third kappa shape index (κ3) is 5.27. The SMILES string of the molecule is Cc1cncc(C(=O)Nc2cn[nH]c2C(=O)Nc2ccc(OC3CCN(C)CC3)nc2)c1. The zero-order valence-corrected chi connectivity index (χ0v) is 18.0. The lowest BCUT2D eigenvalue weighted by atomic mass is 10.1. The molecule has 166 valence electrons. The first kappa shape index (κ1) is 21.4. The van der Waals surface area contributed by atoms with Crippen molar-refractivity contribution < 1.29 is 14.3 Å². The van der Waals surface area contributed by atoms with Crippen molar-refractivity contribution in [3.05, 3.63) is 59.8 Å². The predicted octanol–water partition coefficient (Wildman–Crippen LogP) is 2.49. The van der Waals surface area contributed by atoms with Gasteiger partial charge >= 0.3 is 0 Å². The van der Waals surface area contributed by atoms with Gasteiger partial charge in [-0.25, -0.2) is 4.98 Å². The van der Waals surface area contributed by atoms with Crippen molar-refractivity contribution in [2.75, 3.05) is 30.8 Å². The molecule has 1 aliphatic rings. The van der Waals surface area contributed by atoms with Crippen LogP contribution in [0, 0.1) is 6.92 Å². The fraction of sp³-hybridized carbons (Fsp3) is 0.318. The van der Waals surface area contributed by atoms with Crippen molar-refractivity contribution in [2.24, 2.45) is 0 Å². The molecule has 0 bridgehead atoms. The fourth-order valence-electron chi connectivity index (χ4n) is 3.42. The summed E-state index contributed by atoms with van der Waals surface area (Å²) in [6.45, 7) is 3.85. The van der Waals surface area contributed by atoms with Crippen LogP contribution in [0.3, 0.4) is 0 Å². The highest BCUT2D eigenvalue weighted by Crippen LogP contribution is 2.20. The van der Waals surface area contributed by atoms with Crippen LogP contribution < -0.4 is 15.4 Å². The van der Waals surface area contributed by atoms with Crippen molar-refractivity contribution in [1.82, 2.24) is 25.1 Å². The molecule has 0 radical (unpaired) electrons. The molecule has 3 aromatic rings. The van der Waals surface area contributed by atoms with Crippen LogP contribution in [0.1, 0.15) is 39.3 Å². The van der Waals surface area contributed by atoms with Gasteiger partial charge in [0.1, 0.15) is 11.8 Å². The smallest absolute Gasteiger partial charge is 0.275 e. The summed E-state index contributed by atoms with van der Waals surface area (Å²) >= 11 is 0. The fourth-order valence-corrected chi connectivity index (χ4v) is 3.42. The summed E-state index contributed by atoms with van der Waals surface area (Å²) in [7, 11) is 2.10. The van der Waals surface area contributed by atoms with Crippen LogP contribution in [0.5, 0.6) is 5.88 Å². The third-order valence-corrected chi connectivity index (χ3v) is 5.20. The first-order chi connectivity index (χ1) is 15.5. The Labute approximate surface area is 185 Å². The van der Waals surface area contributed by atoms with E-state index in [2.05, 4.69) is 42.7 Å². The highest BCUT2D eigenvalue weighted by atomic mass is 16.5. The summed E-state index contributed by atoms with van der Waals surface area (Å²) in [5.41, 5.74) is 2.15. The molecule has 1 aliphatic heterocycles. The van der Waals surface area contributed by atoms with E-state index in [1.165, 1.54) is 18.6 Å². The number of piperidine rings is 1. The van der Waals surface area contributed by atoms with Gasteiger partial charge in [-0.3, -0.25) is 19.7 Å². The van der Waals surface area contributed by atoms with Gasteiger partial charge in [-0.05, 0) is 44.5 Å². The molecular formula is C22H25N7O3. The Kier molecular flexibility index (Phi) is 6.41. The van der Waals surface area contributed by atoms with Crippen molar-refractivity contribution in [2.45, 2.75) is 25.9 Å². The van der Waals surface area contributed by atoms with Gasteiger partial charge in [-0.15, -0.1) is 0 Å². The van der Waals surface area contributed by atoms with Gasteiger partial charge in [-0.2, -0.15) is 5.10 Å². The Hall–Kier alpha value is -3.79. The number of H-pyrrole nitrogens is 1. The van der Waals surface area contributed by atoms with Crippen LogP contribution in [0.4, 0.5) is 11.4 Å². The zero-order valence-electron chi connectivity index (χ0n) is 18.0. The maximum absolute atomic E-state index is 12.7. The van der Waals surface area contributed by atoms with E-state index in [1.807, 2.05) is 6.92 Å². The maximum Gasteiger partial charge on any atom is 0.275 e. The van der Waals surface area contributed by atoms with Gasteiger partial charge in [0.15, 0.2) is 0 Å². The number of nitrogens with one attached hydrogen (secondary N) is 3. The zero-order chi connectivity index (χ0) is 22.5. The predicted molar refractivity (Wildman–Crippen MR) is 119 cm³/mol. The van der Waals surface area contributed by atoms with Gasteiger partial charge in [0.2, 0.25) is 5.88 Å². The molecule has 0 aromatic carbocycles. The molecule has 0 spiro atoms. The summed E-state index contributed by atoms with van der Waals surface area (Å²) in [5, 5.41) is 11.9. The van der Waals surface area contributed by atoms with E-state index >= 15 is 0 Å². The first-order valence-electron chi connectivity index (χ1n) is 10.4. The number of carbonyl (C=O) groups excluding carboxylic acids is 2. The third-order valence-electron chi connectivity index (χ3n) is 5.20. The number of ether oxygens (including phenoxy) is 1. The minimum absolute atomic E-state index is 0.130. The lowest BCUT2D eigenvalue weighted by Crippen LogP contribution is -2.35. The molecule has 3 N–H and O–H groups in total. The van der Waals surface area contributed by atoms with Crippen molar-refractivity contribution in [3.8, 4) is 5.88 Å². The number of carbonyl (C=O) groups is 2. The van der Waals surface area contributed by atoms with E-state index in [-0.39, 0.29) is 23.4 Å². The molecule has 0 unspecified atom stereocenters. The molecule has 3 aromatic heterocycles. The standard InChI is InChI=1S/C22H25N7O3/c1-14-9-15(11-23-10-14)21(30)27-18-13-25-28-20(18)22(31)26-16-3-4-19(24-12-16)32-17-5-7-29(2)8-6-17/h3-4,9-13,17H,5-8H2,1-2H3,(H,25,28)(H,26,31)(H,27,30).